The number of rotatable bonds is 5. The maximum absolute atomic E-state index is 11.5. The van der Waals surface area contributed by atoms with Gasteiger partial charge in [0.2, 0.25) is 5.91 Å². The number of benzene rings is 1. The summed E-state index contributed by atoms with van der Waals surface area (Å²) >= 11 is 3.35. The van der Waals surface area contributed by atoms with Crippen LogP contribution in [0.5, 0.6) is 5.75 Å². The first-order valence-electron chi connectivity index (χ1n) is 5.56. The molecule has 0 atom stereocenters. The number of ether oxygens (including phenoxy) is 1. The lowest BCUT2D eigenvalue weighted by molar-refractivity contribution is -0.123. The summed E-state index contributed by atoms with van der Waals surface area (Å²) in [7, 11) is 0. The molecule has 0 aromatic heterocycles. The minimum absolute atomic E-state index is 0.0723. The van der Waals surface area contributed by atoms with Gasteiger partial charge in [0.25, 0.3) is 0 Å². The van der Waals surface area contributed by atoms with Crippen LogP contribution in [0.15, 0.2) is 28.7 Å². The molecule has 0 aliphatic heterocycles. The molecule has 1 fully saturated rings. The van der Waals surface area contributed by atoms with Crippen LogP contribution in [-0.2, 0) is 4.79 Å². The second-order valence-corrected chi connectivity index (χ2v) is 5.13. The zero-order valence-electron chi connectivity index (χ0n) is 9.41. The van der Waals surface area contributed by atoms with Crippen LogP contribution >= 0.6 is 15.9 Å². The first-order valence-corrected chi connectivity index (χ1v) is 6.35. The fourth-order valence-corrected chi connectivity index (χ4v) is 1.67. The van der Waals surface area contributed by atoms with E-state index in [0.29, 0.717) is 13.2 Å². The van der Waals surface area contributed by atoms with E-state index in [1.54, 1.807) is 0 Å². The lowest BCUT2D eigenvalue weighted by atomic mass is 10.3. The van der Waals surface area contributed by atoms with Gasteiger partial charge in [0.15, 0.2) is 0 Å². The van der Waals surface area contributed by atoms with Gasteiger partial charge < -0.3 is 15.8 Å². The van der Waals surface area contributed by atoms with Crippen LogP contribution in [0, 0.1) is 0 Å². The summed E-state index contributed by atoms with van der Waals surface area (Å²) in [6, 6.07) is 7.56. The second kappa shape index (κ2) is 5.06. The first-order chi connectivity index (χ1) is 8.10. The molecule has 0 heterocycles. The van der Waals surface area contributed by atoms with Crippen molar-refractivity contribution >= 4 is 21.8 Å². The Labute approximate surface area is 109 Å². The van der Waals surface area contributed by atoms with Crippen molar-refractivity contribution in [3.8, 4) is 5.75 Å². The average Bonchev–Trinajstić information content (AvgIpc) is 3.06. The molecule has 1 amide bonds. The standard InChI is InChI=1S/C12H15BrN2O2/c13-9-1-3-10(4-2-9)17-8-7-15-11(16)12(14)5-6-12/h1-4H,5-8,14H2,(H,15,16). The number of hydrogen-bond donors (Lipinski definition) is 2. The number of nitrogens with one attached hydrogen (secondary N) is 1. The van der Waals surface area contributed by atoms with Crippen molar-refractivity contribution in [1.82, 2.24) is 5.32 Å². The van der Waals surface area contributed by atoms with Gasteiger partial charge in [0.05, 0.1) is 12.1 Å². The number of halogens is 1. The molecule has 0 bridgehead atoms. The molecule has 1 aromatic rings. The van der Waals surface area contributed by atoms with Crippen LogP contribution in [0.4, 0.5) is 0 Å². The van der Waals surface area contributed by atoms with Gasteiger partial charge >= 0.3 is 0 Å². The summed E-state index contributed by atoms with van der Waals surface area (Å²) < 4.78 is 6.48. The van der Waals surface area contributed by atoms with Crippen LogP contribution in [-0.4, -0.2) is 24.6 Å². The van der Waals surface area contributed by atoms with Crippen molar-refractivity contribution in [3.63, 3.8) is 0 Å². The quantitative estimate of drug-likeness (QED) is 0.809. The zero-order valence-corrected chi connectivity index (χ0v) is 11.0. The molecule has 5 heteroatoms. The van der Waals surface area contributed by atoms with Crippen molar-refractivity contribution in [2.24, 2.45) is 5.73 Å². The lowest BCUT2D eigenvalue weighted by Crippen LogP contribution is -2.44. The highest BCUT2D eigenvalue weighted by atomic mass is 79.9. The van der Waals surface area contributed by atoms with Gasteiger partial charge in [-0.3, -0.25) is 4.79 Å². The van der Waals surface area contributed by atoms with E-state index in [2.05, 4.69) is 21.2 Å². The molecule has 1 aliphatic rings. The van der Waals surface area contributed by atoms with Crippen LogP contribution in [0.3, 0.4) is 0 Å². The monoisotopic (exact) mass is 298 g/mol. The van der Waals surface area contributed by atoms with E-state index in [4.69, 9.17) is 10.5 Å². The molecule has 17 heavy (non-hydrogen) atoms. The van der Waals surface area contributed by atoms with Crippen molar-refractivity contribution in [3.05, 3.63) is 28.7 Å². The Kier molecular flexibility index (Phi) is 3.69. The maximum Gasteiger partial charge on any atom is 0.240 e. The van der Waals surface area contributed by atoms with Crippen molar-refractivity contribution in [2.75, 3.05) is 13.2 Å². The van der Waals surface area contributed by atoms with Gasteiger partial charge in [-0.2, -0.15) is 0 Å². The predicted octanol–water partition coefficient (Wildman–Crippen LogP) is 1.44. The lowest BCUT2D eigenvalue weighted by Gasteiger charge is -2.10. The number of carbonyl (C=O) groups is 1. The molecule has 2 rings (SSSR count). The second-order valence-electron chi connectivity index (χ2n) is 4.21. The molecule has 0 saturated heterocycles. The van der Waals surface area contributed by atoms with E-state index in [1.807, 2.05) is 24.3 Å². The van der Waals surface area contributed by atoms with Gasteiger partial charge in [-0.25, -0.2) is 0 Å². The summed E-state index contributed by atoms with van der Waals surface area (Å²) in [6.07, 6.45) is 1.57. The van der Waals surface area contributed by atoms with E-state index < -0.39 is 5.54 Å². The maximum atomic E-state index is 11.5. The fraction of sp³-hybridized carbons (Fsp3) is 0.417. The van der Waals surface area contributed by atoms with Crippen molar-refractivity contribution in [1.29, 1.82) is 0 Å². The molecular formula is C12H15BrN2O2. The highest BCUT2D eigenvalue weighted by molar-refractivity contribution is 9.10. The van der Waals surface area contributed by atoms with Gasteiger partial charge in [0, 0.05) is 4.47 Å². The zero-order chi connectivity index (χ0) is 12.3. The Bertz CT molecular complexity index is 401. The largest absolute Gasteiger partial charge is 0.492 e. The molecule has 4 nitrogen and oxygen atoms in total. The molecule has 1 aliphatic carbocycles. The predicted molar refractivity (Wildman–Crippen MR) is 68.8 cm³/mol. The average molecular weight is 299 g/mol. The SMILES string of the molecule is NC1(C(=O)NCCOc2ccc(Br)cc2)CC1. The summed E-state index contributed by atoms with van der Waals surface area (Å²) in [5.74, 6) is 0.716. The highest BCUT2D eigenvalue weighted by Gasteiger charge is 2.45. The Morgan fingerprint density at radius 3 is 2.65 bits per heavy atom. The van der Waals surface area contributed by atoms with Gasteiger partial charge in [-0.1, -0.05) is 15.9 Å². The molecule has 1 saturated carbocycles. The Morgan fingerprint density at radius 1 is 1.41 bits per heavy atom. The Morgan fingerprint density at radius 2 is 2.06 bits per heavy atom. The third-order valence-electron chi connectivity index (χ3n) is 2.71. The first kappa shape index (κ1) is 12.4. The summed E-state index contributed by atoms with van der Waals surface area (Å²) in [4.78, 5) is 11.5. The molecule has 3 N–H and O–H groups in total. The van der Waals surface area contributed by atoms with Gasteiger partial charge in [-0.15, -0.1) is 0 Å². The van der Waals surface area contributed by atoms with E-state index in [-0.39, 0.29) is 5.91 Å². The van der Waals surface area contributed by atoms with E-state index >= 15 is 0 Å². The molecule has 0 radical (unpaired) electrons. The van der Waals surface area contributed by atoms with Crippen LogP contribution in [0.25, 0.3) is 0 Å². The van der Waals surface area contributed by atoms with Crippen molar-refractivity contribution in [2.45, 2.75) is 18.4 Å². The summed E-state index contributed by atoms with van der Waals surface area (Å²) in [5.41, 5.74) is 5.14. The third kappa shape index (κ3) is 3.44. The van der Waals surface area contributed by atoms with Crippen LogP contribution < -0.4 is 15.8 Å². The van der Waals surface area contributed by atoms with Crippen LogP contribution in [0.2, 0.25) is 0 Å². The summed E-state index contributed by atoms with van der Waals surface area (Å²) in [6.45, 7) is 0.928. The smallest absolute Gasteiger partial charge is 0.240 e. The number of carbonyl (C=O) groups excluding carboxylic acids is 1. The van der Waals surface area contributed by atoms with E-state index in [9.17, 15) is 4.79 Å². The molecule has 0 spiro atoms. The van der Waals surface area contributed by atoms with Gasteiger partial charge in [0.1, 0.15) is 12.4 Å². The van der Waals surface area contributed by atoms with Crippen LogP contribution in [0.1, 0.15) is 12.8 Å². The Hall–Kier alpha value is -1.07. The summed E-state index contributed by atoms with van der Waals surface area (Å²) in [5, 5.41) is 2.77. The normalized spacial score (nSPS) is 16.4. The van der Waals surface area contributed by atoms with E-state index in [1.165, 1.54) is 0 Å². The van der Waals surface area contributed by atoms with Crippen molar-refractivity contribution < 1.29 is 9.53 Å². The highest BCUT2D eigenvalue weighted by Crippen LogP contribution is 2.31. The van der Waals surface area contributed by atoms with E-state index in [0.717, 1.165) is 23.1 Å². The minimum Gasteiger partial charge on any atom is -0.492 e. The third-order valence-corrected chi connectivity index (χ3v) is 3.24. The number of nitrogens with two attached hydrogens (primary N) is 1. The minimum atomic E-state index is -0.600. The number of hydrogen-bond acceptors (Lipinski definition) is 3. The Balaban J connectivity index is 1.66. The fourth-order valence-electron chi connectivity index (χ4n) is 1.40. The molecule has 1 aromatic carbocycles. The molecular weight excluding hydrogens is 284 g/mol. The molecule has 92 valence electrons. The molecule has 0 unspecified atom stereocenters. The number of amides is 1. The van der Waals surface area contributed by atoms with Gasteiger partial charge in [-0.05, 0) is 37.1 Å². The topological polar surface area (TPSA) is 64.4 Å².